The molecule has 2 nitrogen and oxygen atoms in total. The third-order valence-electron chi connectivity index (χ3n) is 4.22. The highest BCUT2D eigenvalue weighted by atomic mass is 16.5. The van der Waals surface area contributed by atoms with E-state index in [0.717, 1.165) is 28.9 Å². The molecule has 0 unspecified atom stereocenters. The van der Waals surface area contributed by atoms with E-state index in [9.17, 15) is 4.79 Å². The van der Waals surface area contributed by atoms with Gasteiger partial charge in [-0.1, -0.05) is 42.5 Å². The number of fused-ring (bicyclic) bond motifs is 2. The molecule has 3 aromatic rings. The summed E-state index contributed by atoms with van der Waals surface area (Å²) >= 11 is 0. The predicted molar refractivity (Wildman–Crippen MR) is 87.4 cm³/mol. The first-order valence-corrected chi connectivity index (χ1v) is 7.56. The van der Waals surface area contributed by atoms with E-state index in [0.29, 0.717) is 13.0 Å². The molecule has 0 bridgehead atoms. The summed E-state index contributed by atoms with van der Waals surface area (Å²) in [6.45, 7) is 0.512. The van der Waals surface area contributed by atoms with Crippen molar-refractivity contribution in [3.05, 3.63) is 77.4 Å². The van der Waals surface area contributed by atoms with Crippen LogP contribution in [-0.2, 0) is 13.0 Å². The number of hydrogen-bond acceptors (Lipinski definition) is 2. The largest absolute Gasteiger partial charge is 0.489 e. The fourth-order valence-electron chi connectivity index (χ4n) is 3.00. The van der Waals surface area contributed by atoms with Crippen LogP contribution in [0, 0.1) is 0 Å². The second-order valence-electron chi connectivity index (χ2n) is 5.71. The number of ether oxygens (including phenoxy) is 1. The van der Waals surface area contributed by atoms with Gasteiger partial charge in [-0.05, 0) is 46.5 Å². The maximum Gasteiger partial charge on any atom is 0.163 e. The van der Waals surface area contributed by atoms with Crippen LogP contribution in [0.25, 0.3) is 10.8 Å². The van der Waals surface area contributed by atoms with Crippen LogP contribution in [0.2, 0.25) is 0 Å². The van der Waals surface area contributed by atoms with Gasteiger partial charge in [-0.15, -0.1) is 0 Å². The Morgan fingerprint density at radius 1 is 0.864 bits per heavy atom. The molecule has 0 saturated carbocycles. The average molecular weight is 288 g/mol. The van der Waals surface area contributed by atoms with Crippen molar-refractivity contribution in [3.8, 4) is 5.75 Å². The topological polar surface area (TPSA) is 26.3 Å². The summed E-state index contributed by atoms with van der Waals surface area (Å²) in [7, 11) is 0. The third kappa shape index (κ3) is 2.37. The van der Waals surface area contributed by atoms with E-state index in [2.05, 4.69) is 30.3 Å². The SMILES string of the molecule is O=C1CCc2ccc(OCc3ccc4ccccc4c3)cc21. The molecule has 4 rings (SSSR count). The molecule has 0 amide bonds. The lowest BCUT2D eigenvalue weighted by Gasteiger charge is -2.09. The minimum absolute atomic E-state index is 0.228. The number of rotatable bonds is 3. The zero-order chi connectivity index (χ0) is 14.9. The zero-order valence-electron chi connectivity index (χ0n) is 12.2. The molecule has 0 saturated heterocycles. The Hall–Kier alpha value is -2.61. The normalized spacial score (nSPS) is 13.4. The van der Waals surface area contributed by atoms with Gasteiger partial charge in [0, 0.05) is 12.0 Å². The van der Waals surface area contributed by atoms with E-state index >= 15 is 0 Å². The van der Waals surface area contributed by atoms with Gasteiger partial charge in [-0.2, -0.15) is 0 Å². The Kier molecular flexibility index (Phi) is 3.15. The van der Waals surface area contributed by atoms with Crippen LogP contribution in [0.15, 0.2) is 60.7 Å². The molecule has 0 heterocycles. The van der Waals surface area contributed by atoms with Gasteiger partial charge in [-0.25, -0.2) is 0 Å². The summed E-state index contributed by atoms with van der Waals surface area (Å²) in [5, 5.41) is 2.45. The van der Waals surface area contributed by atoms with Gasteiger partial charge in [0.2, 0.25) is 0 Å². The van der Waals surface area contributed by atoms with Crippen molar-refractivity contribution in [1.82, 2.24) is 0 Å². The summed E-state index contributed by atoms with van der Waals surface area (Å²) in [6, 6.07) is 20.5. The lowest BCUT2D eigenvalue weighted by Crippen LogP contribution is -1.97. The standard InChI is InChI=1S/C20H16O2/c21-20-10-8-16-7-9-18(12-19(16)20)22-13-14-5-6-15-3-1-2-4-17(15)11-14/h1-7,9,11-12H,8,10,13H2. The Bertz CT molecular complexity index is 864. The molecule has 3 aromatic carbocycles. The molecule has 0 spiro atoms. The quantitative estimate of drug-likeness (QED) is 0.707. The van der Waals surface area contributed by atoms with Gasteiger partial charge >= 0.3 is 0 Å². The lowest BCUT2D eigenvalue weighted by atomic mass is 10.1. The van der Waals surface area contributed by atoms with Crippen molar-refractivity contribution < 1.29 is 9.53 Å². The smallest absolute Gasteiger partial charge is 0.163 e. The monoisotopic (exact) mass is 288 g/mol. The Labute approximate surface area is 129 Å². The van der Waals surface area contributed by atoms with Crippen molar-refractivity contribution in [3.63, 3.8) is 0 Å². The van der Waals surface area contributed by atoms with Crippen molar-refractivity contribution in [2.24, 2.45) is 0 Å². The molecule has 0 radical (unpaired) electrons. The van der Waals surface area contributed by atoms with Crippen LogP contribution in [0.1, 0.15) is 27.9 Å². The van der Waals surface area contributed by atoms with Crippen molar-refractivity contribution in [2.45, 2.75) is 19.4 Å². The highest BCUT2D eigenvalue weighted by Crippen LogP contribution is 2.26. The van der Waals surface area contributed by atoms with Gasteiger partial charge in [0.05, 0.1) is 0 Å². The summed E-state index contributed by atoms with van der Waals surface area (Å²) in [5.41, 5.74) is 3.10. The zero-order valence-corrected chi connectivity index (χ0v) is 12.2. The van der Waals surface area contributed by atoms with Crippen LogP contribution in [0.3, 0.4) is 0 Å². The first kappa shape index (κ1) is 13.1. The highest BCUT2D eigenvalue weighted by Gasteiger charge is 2.19. The van der Waals surface area contributed by atoms with Gasteiger partial charge in [-0.3, -0.25) is 4.79 Å². The third-order valence-corrected chi connectivity index (χ3v) is 4.22. The molecule has 22 heavy (non-hydrogen) atoms. The molecular weight excluding hydrogens is 272 g/mol. The minimum Gasteiger partial charge on any atom is -0.489 e. The van der Waals surface area contributed by atoms with Crippen molar-refractivity contribution in [2.75, 3.05) is 0 Å². The fourth-order valence-corrected chi connectivity index (χ4v) is 3.00. The highest BCUT2D eigenvalue weighted by molar-refractivity contribution is 6.00. The number of ketones is 1. The number of Topliss-reactive ketones (excluding diaryl/α,β-unsaturated/α-hetero) is 1. The fraction of sp³-hybridized carbons (Fsp3) is 0.150. The second kappa shape index (κ2) is 5.30. The minimum atomic E-state index is 0.228. The van der Waals surface area contributed by atoms with E-state index in [-0.39, 0.29) is 5.78 Å². The van der Waals surface area contributed by atoms with Crippen LogP contribution in [0.4, 0.5) is 0 Å². The van der Waals surface area contributed by atoms with Crippen molar-refractivity contribution in [1.29, 1.82) is 0 Å². The van der Waals surface area contributed by atoms with Crippen LogP contribution in [0.5, 0.6) is 5.75 Å². The first-order valence-electron chi connectivity index (χ1n) is 7.56. The number of benzene rings is 3. The molecule has 0 atom stereocenters. The lowest BCUT2D eigenvalue weighted by molar-refractivity contribution is 0.0994. The molecule has 1 aliphatic rings. The summed E-state index contributed by atoms with van der Waals surface area (Å²) in [5.74, 6) is 0.994. The van der Waals surface area contributed by atoms with Crippen LogP contribution in [-0.4, -0.2) is 5.78 Å². The molecule has 0 aliphatic heterocycles. The summed E-state index contributed by atoms with van der Waals surface area (Å²) in [6.07, 6.45) is 1.49. The molecule has 1 aliphatic carbocycles. The Morgan fingerprint density at radius 3 is 2.64 bits per heavy atom. The van der Waals surface area contributed by atoms with Crippen molar-refractivity contribution >= 4 is 16.6 Å². The molecule has 0 N–H and O–H groups in total. The molecular formula is C20H16O2. The number of hydrogen-bond donors (Lipinski definition) is 0. The van der Waals surface area contributed by atoms with Gasteiger partial charge in [0.15, 0.2) is 5.78 Å². The average Bonchev–Trinajstić information content (AvgIpc) is 2.93. The molecule has 108 valence electrons. The number of carbonyl (C=O) groups is 1. The van der Waals surface area contributed by atoms with E-state index < -0.39 is 0 Å². The molecule has 2 heteroatoms. The van der Waals surface area contributed by atoms with E-state index in [1.807, 2.05) is 30.3 Å². The van der Waals surface area contributed by atoms with Gasteiger partial charge in [0.25, 0.3) is 0 Å². The maximum absolute atomic E-state index is 11.8. The Balaban J connectivity index is 1.54. The number of aryl methyl sites for hydroxylation is 1. The van der Waals surface area contributed by atoms with Crippen LogP contribution >= 0.6 is 0 Å². The number of carbonyl (C=O) groups excluding carboxylic acids is 1. The molecule has 0 fully saturated rings. The summed E-state index contributed by atoms with van der Waals surface area (Å²) < 4.78 is 5.86. The predicted octanol–water partition coefficient (Wildman–Crippen LogP) is 4.55. The second-order valence-corrected chi connectivity index (χ2v) is 5.71. The van der Waals surface area contributed by atoms with E-state index in [1.165, 1.54) is 10.8 Å². The van der Waals surface area contributed by atoms with Gasteiger partial charge in [0.1, 0.15) is 12.4 Å². The van der Waals surface area contributed by atoms with E-state index in [4.69, 9.17) is 4.74 Å². The van der Waals surface area contributed by atoms with E-state index in [1.54, 1.807) is 0 Å². The molecule has 0 aromatic heterocycles. The first-order chi connectivity index (χ1) is 10.8. The summed E-state index contributed by atoms with van der Waals surface area (Å²) in [4.78, 5) is 11.8. The van der Waals surface area contributed by atoms with Gasteiger partial charge < -0.3 is 4.74 Å². The maximum atomic E-state index is 11.8. The van der Waals surface area contributed by atoms with Crippen LogP contribution < -0.4 is 4.74 Å². The Morgan fingerprint density at radius 2 is 1.73 bits per heavy atom.